The maximum Gasteiger partial charge on any atom is 0.0992 e. The highest BCUT2D eigenvalue weighted by molar-refractivity contribution is 6.30. The van der Waals surface area contributed by atoms with Gasteiger partial charge in [0.15, 0.2) is 0 Å². The fourth-order valence-corrected chi connectivity index (χ4v) is 3.90. The Balaban J connectivity index is 1.69. The molecule has 4 nitrogen and oxygen atoms in total. The van der Waals surface area contributed by atoms with Gasteiger partial charge in [-0.2, -0.15) is 5.26 Å². The van der Waals surface area contributed by atoms with Crippen LogP contribution in [0.2, 0.25) is 5.02 Å². The summed E-state index contributed by atoms with van der Waals surface area (Å²) in [5.41, 5.74) is 6.78. The van der Waals surface area contributed by atoms with Crippen molar-refractivity contribution in [3.63, 3.8) is 0 Å². The van der Waals surface area contributed by atoms with E-state index in [1.807, 2.05) is 73.2 Å². The van der Waals surface area contributed by atoms with E-state index in [1.54, 1.807) is 0 Å². The smallest absolute Gasteiger partial charge is 0.0992 e. The molecule has 1 N–H and O–H groups in total. The van der Waals surface area contributed by atoms with Crippen LogP contribution in [0.25, 0.3) is 33.4 Å². The largest absolute Gasteiger partial charge is 0.360 e. The molecule has 0 saturated carbocycles. The first-order valence-electron chi connectivity index (χ1n) is 9.59. The van der Waals surface area contributed by atoms with E-state index in [2.05, 4.69) is 27.8 Å². The van der Waals surface area contributed by atoms with Gasteiger partial charge in [-0.05, 0) is 29.8 Å². The van der Waals surface area contributed by atoms with Crippen molar-refractivity contribution in [2.24, 2.45) is 0 Å². The van der Waals surface area contributed by atoms with Crippen LogP contribution in [0, 0.1) is 11.3 Å². The Hall–Kier alpha value is -3.81. The van der Waals surface area contributed by atoms with E-state index in [9.17, 15) is 5.26 Å². The topological polar surface area (TPSA) is 57.4 Å². The monoisotopic (exact) mass is 408 g/mol. The van der Waals surface area contributed by atoms with Gasteiger partial charge in [-0.25, -0.2) is 4.98 Å². The number of benzene rings is 3. The summed E-state index contributed by atoms with van der Waals surface area (Å²) in [7, 11) is 0. The Bertz CT molecular complexity index is 1370. The fraction of sp³-hybridized carbons (Fsp3) is 0.0400. The van der Waals surface area contributed by atoms with E-state index >= 15 is 0 Å². The average molecular weight is 409 g/mol. The minimum absolute atomic E-state index is 0.633. The van der Waals surface area contributed by atoms with Crippen molar-refractivity contribution in [2.45, 2.75) is 6.54 Å². The highest BCUT2D eigenvalue weighted by Gasteiger charge is 2.18. The third-order valence-corrected chi connectivity index (χ3v) is 5.47. The van der Waals surface area contributed by atoms with E-state index in [0.717, 1.165) is 44.0 Å². The van der Waals surface area contributed by atoms with Crippen LogP contribution >= 0.6 is 11.6 Å². The lowest BCUT2D eigenvalue weighted by Crippen LogP contribution is -2.00. The van der Waals surface area contributed by atoms with Crippen LogP contribution in [0.3, 0.4) is 0 Å². The van der Waals surface area contributed by atoms with Gasteiger partial charge in [0.05, 0.1) is 29.3 Å². The molecule has 0 aliphatic carbocycles. The van der Waals surface area contributed by atoms with Gasteiger partial charge in [0.25, 0.3) is 0 Å². The number of hydrogen-bond acceptors (Lipinski definition) is 2. The van der Waals surface area contributed by atoms with Crippen molar-refractivity contribution >= 4 is 22.5 Å². The van der Waals surface area contributed by atoms with Crippen molar-refractivity contribution in [3.8, 4) is 28.6 Å². The van der Waals surface area contributed by atoms with E-state index < -0.39 is 0 Å². The molecule has 0 fully saturated rings. The molecular weight excluding hydrogens is 392 g/mol. The summed E-state index contributed by atoms with van der Waals surface area (Å²) in [6.45, 7) is 0.676. The highest BCUT2D eigenvalue weighted by Crippen LogP contribution is 2.36. The van der Waals surface area contributed by atoms with Crippen LogP contribution in [-0.2, 0) is 6.54 Å². The van der Waals surface area contributed by atoms with E-state index in [4.69, 9.17) is 16.6 Å². The molecule has 144 valence electrons. The predicted molar refractivity (Wildman–Crippen MR) is 120 cm³/mol. The molecular formula is C25H17ClN4. The Kier molecular flexibility index (Phi) is 4.59. The predicted octanol–water partition coefficient (Wildman–Crippen LogP) is 6.27. The molecule has 5 rings (SSSR count). The summed E-state index contributed by atoms with van der Waals surface area (Å²) < 4.78 is 2.16. The van der Waals surface area contributed by atoms with Gasteiger partial charge in [0, 0.05) is 39.8 Å². The summed E-state index contributed by atoms with van der Waals surface area (Å²) in [4.78, 5) is 8.09. The molecule has 0 amide bonds. The number of imidazole rings is 1. The zero-order valence-corrected chi connectivity index (χ0v) is 16.8. The van der Waals surface area contributed by atoms with Crippen LogP contribution in [0.5, 0.6) is 0 Å². The normalized spacial score (nSPS) is 10.9. The second-order valence-corrected chi connectivity index (χ2v) is 7.57. The molecule has 5 heteroatoms. The van der Waals surface area contributed by atoms with Gasteiger partial charge in [-0.15, -0.1) is 0 Å². The van der Waals surface area contributed by atoms with Crippen molar-refractivity contribution in [3.05, 3.63) is 101 Å². The highest BCUT2D eigenvalue weighted by atomic mass is 35.5. The van der Waals surface area contributed by atoms with E-state index in [-0.39, 0.29) is 0 Å². The fourth-order valence-electron chi connectivity index (χ4n) is 3.77. The summed E-state index contributed by atoms with van der Waals surface area (Å²) in [6.07, 6.45) is 3.88. The second kappa shape index (κ2) is 7.55. The summed E-state index contributed by atoms with van der Waals surface area (Å²) in [5, 5.41) is 11.0. The average Bonchev–Trinajstić information content (AvgIpc) is 3.39. The van der Waals surface area contributed by atoms with Crippen molar-refractivity contribution in [1.29, 1.82) is 5.26 Å². The number of aromatic amines is 1. The molecule has 0 bridgehead atoms. The van der Waals surface area contributed by atoms with E-state index in [1.165, 1.54) is 0 Å². The Morgan fingerprint density at radius 1 is 1.00 bits per heavy atom. The number of hydrogen-bond donors (Lipinski definition) is 1. The lowest BCUT2D eigenvalue weighted by molar-refractivity contribution is 0.805. The first kappa shape index (κ1) is 18.2. The summed E-state index contributed by atoms with van der Waals surface area (Å²) in [6, 6.07) is 26.0. The molecule has 0 atom stereocenters. The lowest BCUT2D eigenvalue weighted by atomic mass is 10.0. The molecule has 0 aliphatic heterocycles. The third-order valence-electron chi connectivity index (χ3n) is 5.22. The van der Waals surface area contributed by atoms with Crippen LogP contribution < -0.4 is 0 Å². The molecule has 0 radical (unpaired) electrons. The van der Waals surface area contributed by atoms with Crippen LogP contribution in [0.15, 0.2) is 85.3 Å². The third kappa shape index (κ3) is 3.26. The summed E-state index contributed by atoms with van der Waals surface area (Å²) in [5.74, 6) is 0. The zero-order chi connectivity index (χ0) is 20.5. The zero-order valence-electron chi connectivity index (χ0n) is 16.0. The molecule has 30 heavy (non-hydrogen) atoms. The number of nitrogens with one attached hydrogen (secondary N) is 1. The van der Waals surface area contributed by atoms with Gasteiger partial charge < -0.3 is 9.55 Å². The quantitative estimate of drug-likeness (QED) is 0.381. The molecule has 0 aliphatic rings. The van der Waals surface area contributed by atoms with Crippen molar-refractivity contribution in [1.82, 2.24) is 14.5 Å². The second-order valence-electron chi connectivity index (χ2n) is 7.14. The Morgan fingerprint density at radius 2 is 1.80 bits per heavy atom. The minimum Gasteiger partial charge on any atom is -0.360 e. The van der Waals surface area contributed by atoms with Crippen molar-refractivity contribution < 1.29 is 0 Å². The summed E-state index contributed by atoms with van der Waals surface area (Å²) >= 11 is 6.06. The number of nitrogens with zero attached hydrogens (tertiary/aromatic N) is 3. The number of halogens is 1. The maximum absolute atomic E-state index is 9.22. The minimum atomic E-state index is 0.633. The van der Waals surface area contributed by atoms with Gasteiger partial charge in [-0.3, -0.25) is 0 Å². The van der Waals surface area contributed by atoms with Crippen LogP contribution in [0.4, 0.5) is 0 Å². The molecule has 2 aromatic heterocycles. The molecule has 5 aromatic rings. The standard InChI is InChI=1S/C25H17ClN4/c26-20-9-6-17(7-10-20)15-30-16-29-24(19-4-2-1-3-5-19)25(30)22-14-28-23-12-18(13-27)8-11-21(22)23/h1-12,14,16,28H,15H2. The molecule has 3 aromatic carbocycles. The van der Waals surface area contributed by atoms with Crippen LogP contribution in [0.1, 0.15) is 11.1 Å². The number of nitriles is 1. The SMILES string of the molecule is N#Cc1ccc2c(-c3c(-c4ccccc4)ncn3Cc3ccc(Cl)cc3)c[nH]c2c1. The number of H-pyrrole nitrogens is 1. The Morgan fingerprint density at radius 3 is 2.57 bits per heavy atom. The molecule has 0 spiro atoms. The Labute approximate surface area is 179 Å². The van der Waals surface area contributed by atoms with Gasteiger partial charge in [0.2, 0.25) is 0 Å². The first-order valence-corrected chi connectivity index (χ1v) is 9.97. The van der Waals surface area contributed by atoms with Crippen LogP contribution in [-0.4, -0.2) is 14.5 Å². The van der Waals surface area contributed by atoms with Gasteiger partial charge in [-0.1, -0.05) is 60.1 Å². The van der Waals surface area contributed by atoms with Gasteiger partial charge >= 0.3 is 0 Å². The first-order chi connectivity index (χ1) is 14.7. The molecule has 0 saturated heterocycles. The molecule has 0 unspecified atom stereocenters. The van der Waals surface area contributed by atoms with Crippen molar-refractivity contribution in [2.75, 3.05) is 0 Å². The number of aromatic nitrogens is 3. The molecule has 2 heterocycles. The van der Waals surface area contributed by atoms with E-state index in [0.29, 0.717) is 12.1 Å². The number of rotatable bonds is 4. The number of fused-ring (bicyclic) bond motifs is 1. The maximum atomic E-state index is 9.22. The van der Waals surface area contributed by atoms with Gasteiger partial charge in [0.1, 0.15) is 0 Å². The lowest BCUT2D eigenvalue weighted by Gasteiger charge is -2.11.